The van der Waals surface area contributed by atoms with Crippen LogP contribution in [0.3, 0.4) is 0 Å². The third-order valence-corrected chi connectivity index (χ3v) is 9.13. The number of nitrogens with two attached hydrogens (primary N) is 1. The molecule has 1 amide bonds. The molecular formula is C23H24F3N5O3S2. The van der Waals surface area contributed by atoms with Crippen LogP contribution in [0, 0.1) is 0 Å². The van der Waals surface area contributed by atoms with Crippen LogP contribution >= 0.6 is 11.3 Å². The molecule has 0 unspecified atom stereocenters. The number of amides is 1. The van der Waals surface area contributed by atoms with E-state index in [1.165, 1.54) is 18.3 Å². The summed E-state index contributed by atoms with van der Waals surface area (Å²) in [5, 5.41) is 1.50. The Kier molecular flexibility index (Phi) is 6.82. The lowest BCUT2D eigenvalue weighted by Gasteiger charge is -2.33. The molecule has 4 rings (SSSR count). The van der Waals surface area contributed by atoms with Gasteiger partial charge in [-0.2, -0.15) is 13.2 Å². The molecule has 0 spiro atoms. The predicted molar refractivity (Wildman–Crippen MR) is 130 cm³/mol. The van der Waals surface area contributed by atoms with Crippen LogP contribution in [0.15, 0.2) is 36.0 Å². The van der Waals surface area contributed by atoms with Crippen molar-refractivity contribution in [3.8, 4) is 11.3 Å². The van der Waals surface area contributed by atoms with Crippen molar-refractivity contribution in [3.63, 3.8) is 0 Å². The summed E-state index contributed by atoms with van der Waals surface area (Å²) in [5.74, 6) is -0.699. The van der Waals surface area contributed by atoms with Crippen molar-refractivity contribution >= 4 is 32.4 Å². The van der Waals surface area contributed by atoms with E-state index in [0.717, 1.165) is 11.3 Å². The third-order valence-electron chi connectivity index (χ3n) is 6.41. The van der Waals surface area contributed by atoms with Crippen molar-refractivity contribution in [3.05, 3.63) is 58.5 Å². The van der Waals surface area contributed by atoms with Gasteiger partial charge in [0.15, 0.2) is 10.8 Å². The Morgan fingerprint density at radius 1 is 1.14 bits per heavy atom. The molecule has 2 heterocycles. The molecule has 36 heavy (non-hydrogen) atoms. The number of nitrogens with one attached hydrogen (secondary N) is 1. The van der Waals surface area contributed by atoms with Crippen molar-refractivity contribution in [2.75, 3.05) is 4.72 Å². The van der Waals surface area contributed by atoms with Gasteiger partial charge in [-0.3, -0.25) is 14.5 Å². The van der Waals surface area contributed by atoms with E-state index < -0.39 is 38.5 Å². The number of hydrogen-bond acceptors (Lipinski definition) is 7. The summed E-state index contributed by atoms with van der Waals surface area (Å²) in [5.41, 5.74) is 5.01. The van der Waals surface area contributed by atoms with Gasteiger partial charge in [0.1, 0.15) is 0 Å². The van der Waals surface area contributed by atoms with Gasteiger partial charge in [0.2, 0.25) is 15.9 Å². The first kappa shape index (κ1) is 26.0. The number of sulfonamides is 1. The van der Waals surface area contributed by atoms with Gasteiger partial charge in [-0.15, -0.1) is 11.3 Å². The molecule has 1 aliphatic carbocycles. The number of carbonyl (C=O) groups excluding carboxylic acids is 1. The zero-order chi connectivity index (χ0) is 26.3. The lowest BCUT2D eigenvalue weighted by atomic mass is 9.71. The number of rotatable bonds is 9. The van der Waals surface area contributed by atoms with E-state index in [4.69, 9.17) is 5.73 Å². The van der Waals surface area contributed by atoms with Crippen LogP contribution in [-0.4, -0.2) is 34.5 Å². The first-order chi connectivity index (χ1) is 16.9. The van der Waals surface area contributed by atoms with Crippen LogP contribution in [0.5, 0.6) is 0 Å². The SMILES string of the molecule is CCC(CC)(c1csc(NS(=O)(=O)C2CC2)n1)c1cc(C(N)=O)ccc1-c1cncc(C(F)(F)F)n1. The highest BCUT2D eigenvalue weighted by atomic mass is 32.2. The highest BCUT2D eigenvalue weighted by Gasteiger charge is 2.39. The summed E-state index contributed by atoms with van der Waals surface area (Å²) in [6, 6.07) is 4.47. The summed E-state index contributed by atoms with van der Waals surface area (Å²) in [6.45, 7) is 3.77. The second-order valence-corrected chi connectivity index (χ2v) is 11.4. The van der Waals surface area contributed by atoms with Gasteiger partial charge in [-0.25, -0.2) is 18.4 Å². The maximum absolute atomic E-state index is 13.4. The topological polar surface area (TPSA) is 128 Å². The molecule has 3 aromatic rings. The molecule has 0 radical (unpaired) electrons. The molecule has 1 fully saturated rings. The molecule has 0 aliphatic heterocycles. The van der Waals surface area contributed by atoms with Crippen LogP contribution in [0.25, 0.3) is 11.3 Å². The first-order valence-corrected chi connectivity index (χ1v) is 13.7. The number of hydrogen-bond donors (Lipinski definition) is 2. The monoisotopic (exact) mass is 539 g/mol. The van der Waals surface area contributed by atoms with Crippen molar-refractivity contribution in [1.82, 2.24) is 15.0 Å². The number of aromatic nitrogens is 3. The third kappa shape index (κ3) is 4.94. The second kappa shape index (κ2) is 9.43. The summed E-state index contributed by atoms with van der Waals surface area (Å²) in [4.78, 5) is 24.1. The number of carbonyl (C=O) groups is 1. The van der Waals surface area contributed by atoms with Gasteiger partial charge >= 0.3 is 6.18 Å². The van der Waals surface area contributed by atoms with Gasteiger partial charge < -0.3 is 5.73 Å². The minimum Gasteiger partial charge on any atom is -0.366 e. The number of halogens is 3. The van der Waals surface area contributed by atoms with Crippen molar-refractivity contribution < 1.29 is 26.4 Å². The molecular weight excluding hydrogens is 515 g/mol. The Labute approximate surface area is 210 Å². The minimum absolute atomic E-state index is 0.0213. The zero-order valence-corrected chi connectivity index (χ0v) is 21.1. The molecule has 1 saturated carbocycles. The Balaban J connectivity index is 1.88. The molecule has 3 N–H and O–H groups in total. The number of alkyl halides is 3. The molecule has 192 valence electrons. The molecule has 1 aliphatic rings. The number of thiazole rings is 1. The summed E-state index contributed by atoms with van der Waals surface area (Å²) >= 11 is 1.12. The van der Waals surface area contributed by atoms with Crippen LogP contribution < -0.4 is 10.5 Å². The molecule has 2 aromatic heterocycles. The fourth-order valence-corrected chi connectivity index (χ4v) is 6.61. The fourth-order valence-electron chi connectivity index (χ4n) is 4.20. The van der Waals surface area contributed by atoms with Gasteiger partial charge in [-0.1, -0.05) is 19.9 Å². The maximum Gasteiger partial charge on any atom is 0.434 e. The summed E-state index contributed by atoms with van der Waals surface area (Å²) in [7, 11) is -3.53. The van der Waals surface area contributed by atoms with Gasteiger partial charge in [-0.05, 0) is 43.4 Å². The van der Waals surface area contributed by atoms with Gasteiger partial charge in [0.05, 0.1) is 29.0 Å². The van der Waals surface area contributed by atoms with E-state index in [-0.39, 0.29) is 16.4 Å². The van der Waals surface area contributed by atoms with Crippen LogP contribution in [0.2, 0.25) is 0 Å². The quantitative estimate of drug-likeness (QED) is 0.405. The molecule has 0 atom stereocenters. The van der Waals surface area contributed by atoms with Gasteiger partial charge in [0, 0.05) is 21.9 Å². The normalized spacial score (nSPS) is 14.6. The van der Waals surface area contributed by atoms with Gasteiger partial charge in [0.25, 0.3) is 0 Å². The number of primary amides is 1. The van der Waals surface area contributed by atoms with E-state index in [2.05, 4.69) is 19.7 Å². The average Bonchev–Trinajstić information content (AvgIpc) is 3.61. The predicted octanol–water partition coefficient (Wildman–Crippen LogP) is 4.73. The Morgan fingerprint density at radius 3 is 2.42 bits per heavy atom. The van der Waals surface area contributed by atoms with Crippen molar-refractivity contribution in [1.29, 1.82) is 0 Å². The second-order valence-electron chi connectivity index (χ2n) is 8.59. The van der Waals surface area contributed by atoms with E-state index in [0.29, 0.717) is 48.7 Å². The van der Waals surface area contributed by atoms with E-state index in [1.54, 1.807) is 11.4 Å². The number of anilines is 1. The van der Waals surface area contributed by atoms with E-state index in [9.17, 15) is 26.4 Å². The zero-order valence-electron chi connectivity index (χ0n) is 19.5. The molecule has 0 bridgehead atoms. The maximum atomic E-state index is 13.4. The number of benzene rings is 1. The van der Waals surface area contributed by atoms with Crippen molar-refractivity contribution in [2.45, 2.75) is 56.4 Å². The summed E-state index contributed by atoms with van der Waals surface area (Å²) in [6.07, 6.45) is -0.721. The molecule has 13 heteroatoms. The lowest BCUT2D eigenvalue weighted by Crippen LogP contribution is -2.28. The fraction of sp³-hybridized carbons (Fsp3) is 0.391. The highest BCUT2D eigenvalue weighted by Crippen LogP contribution is 2.45. The van der Waals surface area contributed by atoms with Crippen LogP contribution in [0.1, 0.15) is 66.8 Å². The Hall–Kier alpha value is -3.06. The number of nitrogens with zero attached hydrogens (tertiary/aromatic N) is 3. The highest BCUT2D eigenvalue weighted by molar-refractivity contribution is 7.93. The molecule has 8 nitrogen and oxygen atoms in total. The molecule has 0 saturated heterocycles. The standard InChI is InChI=1S/C23H24F3N5O3S2/c1-3-22(4-2,19-12-35-21(30-19)31-36(33,34)14-6-7-14)16-9-13(20(27)32)5-8-15(16)17-10-28-11-18(29-17)23(24,25)26/h5,8-12,14H,3-4,6-7H2,1-2H3,(H2,27,32)(H,30,31). The van der Waals surface area contributed by atoms with E-state index in [1.807, 2.05) is 13.8 Å². The largest absolute Gasteiger partial charge is 0.434 e. The smallest absolute Gasteiger partial charge is 0.366 e. The van der Waals surface area contributed by atoms with Crippen LogP contribution in [-0.2, 0) is 21.6 Å². The Morgan fingerprint density at radius 2 is 1.83 bits per heavy atom. The average molecular weight is 540 g/mol. The van der Waals surface area contributed by atoms with E-state index >= 15 is 0 Å². The lowest BCUT2D eigenvalue weighted by molar-refractivity contribution is -0.141. The first-order valence-electron chi connectivity index (χ1n) is 11.2. The summed E-state index contributed by atoms with van der Waals surface area (Å²) < 4.78 is 67.4. The van der Waals surface area contributed by atoms with Crippen molar-refractivity contribution in [2.24, 2.45) is 5.73 Å². The Bertz CT molecular complexity index is 1400. The molecule has 1 aromatic carbocycles. The minimum atomic E-state index is -4.69. The van der Waals surface area contributed by atoms with Crippen LogP contribution in [0.4, 0.5) is 18.3 Å².